The largest absolute Gasteiger partial charge is 0.573 e. The molecular formula is C16H13ClF7NO2. The summed E-state index contributed by atoms with van der Waals surface area (Å²) in [6.07, 6.45) is -13.4. The minimum Gasteiger partial charge on any atom is -0.428 e. The van der Waals surface area contributed by atoms with E-state index in [0.29, 0.717) is 11.1 Å². The molecule has 27 heavy (non-hydrogen) atoms. The van der Waals surface area contributed by atoms with Crippen LogP contribution in [0.2, 0.25) is 0 Å². The maximum Gasteiger partial charge on any atom is 0.573 e. The Morgan fingerprint density at radius 1 is 0.704 bits per heavy atom. The second-order valence-corrected chi connectivity index (χ2v) is 5.13. The lowest BCUT2D eigenvalue weighted by atomic mass is 9.99. The number of alkyl halides is 7. The Morgan fingerprint density at radius 3 is 1.41 bits per heavy atom. The summed E-state index contributed by atoms with van der Waals surface area (Å²) in [6, 6.07) is 8.59. The van der Waals surface area contributed by atoms with Crippen molar-refractivity contribution in [1.82, 2.24) is 0 Å². The molecule has 2 rings (SSSR count). The Morgan fingerprint density at radius 2 is 1.07 bits per heavy atom. The molecule has 150 valence electrons. The first-order valence-electron chi connectivity index (χ1n) is 7.04. The highest BCUT2D eigenvalue weighted by Gasteiger charge is 2.43. The Labute approximate surface area is 155 Å². The lowest BCUT2D eigenvalue weighted by molar-refractivity contribution is -0.274. The van der Waals surface area contributed by atoms with Gasteiger partial charge in [0.1, 0.15) is 11.5 Å². The maximum atomic E-state index is 12.8. The molecule has 3 nitrogen and oxygen atoms in total. The first-order valence-corrected chi connectivity index (χ1v) is 7.04. The topological polar surface area (TPSA) is 44.5 Å². The fourth-order valence-corrected chi connectivity index (χ4v) is 2.01. The molecule has 0 aromatic heterocycles. The smallest absolute Gasteiger partial charge is 0.428 e. The monoisotopic (exact) mass is 419 g/mol. The fourth-order valence-electron chi connectivity index (χ4n) is 2.01. The van der Waals surface area contributed by atoms with Crippen LogP contribution < -0.4 is 15.2 Å². The van der Waals surface area contributed by atoms with Gasteiger partial charge in [0.15, 0.2) is 0 Å². The molecule has 0 bridgehead atoms. The van der Waals surface area contributed by atoms with Crippen LogP contribution in [0, 0.1) is 0 Å². The Hall–Kier alpha value is -2.20. The van der Waals surface area contributed by atoms with E-state index in [4.69, 9.17) is 5.73 Å². The second-order valence-electron chi connectivity index (χ2n) is 5.13. The van der Waals surface area contributed by atoms with Crippen LogP contribution in [0.3, 0.4) is 0 Å². The van der Waals surface area contributed by atoms with Gasteiger partial charge in [-0.05, 0) is 35.4 Å². The summed E-state index contributed by atoms with van der Waals surface area (Å²) < 4.78 is 93.8. The van der Waals surface area contributed by atoms with Crippen molar-refractivity contribution >= 4 is 12.4 Å². The number of nitrogens with two attached hydrogens (primary N) is 1. The summed E-state index contributed by atoms with van der Waals surface area (Å²) in [4.78, 5) is 0. The van der Waals surface area contributed by atoms with Crippen LogP contribution in [0.25, 0.3) is 0 Å². The molecular weight excluding hydrogens is 407 g/mol. The number of hydrogen-bond donors (Lipinski definition) is 1. The van der Waals surface area contributed by atoms with Gasteiger partial charge in [-0.2, -0.15) is 17.6 Å². The van der Waals surface area contributed by atoms with E-state index < -0.39 is 36.4 Å². The van der Waals surface area contributed by atoms with Gasteiger partial charge in [0.05, 0.1) is 6.04 Å². The van der Waals surface area contributed by atoms with Crippen LogP contribution in [0.1, 0.15) is 17.2 Å². The Balaban J connectivity index is 0.00000364. The molecule has 0 fully saturated rings. The molecule has 0 aliphatic carbocycles. The van der Waals surface area contributed by atoms with Crippen molar-refractivity contribution in [1.29, 1.82) is 0 Å². The fraction of sp³-hybridized carbons (Fsp3) is 0.250. The third-order valence-electron chi connectivity index (χ3n) is 3.22. The maximum absolute atomic E-state index is 12.8. The number of benzene rings is 2. The molecule has 0 radical (unpaired) electrons. The molecule has 0 amide bonds. The first-order chi connectivity index (χ1) is 12.0. The predicted octanol–water partition coefficient (Wildman–Crippen LogP) is 5.29. The van der Waals surface area contributed by atoms with Crippen LogP contribution in [0.4, 0.5) is 30.7 Å². The van der Waals surface area contributed by atoms with Gasteiger partial charge in [-0.15, -0.1) is 25.6 Å². The molecule has 0 aliphatic heterocycles. The van der Waals surface area contributed by atoms with E-state index in [1.807, 2.05) is 0 Å². The molecule has 0 heterocycles. The van der Waals surface area contributed by atoms with Gasteiger partial charge >= 0.3 is 18.9 Å². The summed E-state index contributed by atoms with van der Waals surface area (Å²) in [7, 11) is 0. The zero-order chi connectivity index (χ0) is 19.5. The summed E-state index contributed by atoms with van der Waals surface area (Å²) in [5.41, 5.74) is 6.77. The highest BCUT2D eigenvalue weighted by molar-refractivity contribution is 5.85. The van der Waals surface area contributed by atoms with Crippen molar-refractivity contribution in [2.24, 2.45) is 5.73 Å². The second kappa shape index (κ2) is 8.66. The molecule has 1 atom stereocenters. The van der Waals surface area contributed by atoms with Crippen LogP contribution in [0.5, 0.6) is 11.5 Å². The van der Waals surface area contributed by atoms with Gasteiger partial charge < -0.3 is 15.2 Å². The van der Waals surface area contributed by atoms with Crippen molar-refractivity contribution in [2.75, 3.05) is 0 Å². The van der Waals surface area contributed by atoms with Gasteiger partial charge in [0, 0.05) is 0 Å². The first kappa shape index (κ1) is 22.8. The minimum absolute atomic E-state index is 0. The zero-order valence-electron chi connectivity index (χ0n) is 13.2. The third-order valence-corrected chi connectivity index (χ3v) is 3.22. The summed E-state index contributed by atoms with van der Waals surface area (Å²) in [5, 5.41) is 0. The van der Waals surface area contributed by atoms with Crippen LogP contribution in [0.15, 0.2) is 48.5 Å². The molecule has 0 saturated carbocycles. The average Bonchev–Trinajstić information content (AvgIpc) is 2.53. The number of halogens is 8. The molecule has 0 aliphatic rings. The van der Waals surface area contributed by atoms with Crippen LogP contribution in [-0.4, -0.2) is 18.9 Å². The van der Waals surface area contributed by atoms with Crippen molar-refractivity contribution in [3.8, 4) is 11.5 Å². The van der Waals surface area contributed by atoms with Gasteiger partial charge in [0.2, 0.25) is 0 Å². The van der Waals surface area contributed by atoms with Crippen LogP contribution in [-0.2, 0) is 0 Å². The standard InChI is InChI=1S/C16H12F7NO2.ClH/c17-14(18)15(19,20)25-11-5-1-9(2-6-11)13(24)10-3-7-12(8-4-10)26-16(21,22)23;/h1-8,13-14H,24H2;1H/t13-;/m1./s1. The normalized spacial score (nSPS) is 13.1. The van der Waals surface area contributed by atoms with E-state index in [2.05, 4.69) is 9.47 Å². The Kier molecular flexibility index (Phi) is 7.32. The minimum atomic E-state index is -4.82. The summed E-state index contributed by atoms with van der Waals surface area (Å²) in [6.45, 7) is 0. The molecule has 2 aromatic carbocycles. The van der Waals surface area contributed by atoms with E-state index in [0.717, 1.165) is 24.3 Å². The summed E-state index contributed by atoms with van der Waals surface area (Å²) in [5.74, 6) is -0.911. The van der Waals surface area contributed by atoms with E-state index >= 15 is 0 Å². The molecule has 11 heteroatoms. The predicted molar refractivity (Wildman–Crippen MR) is 84.4 cm³/mol. The van der Waals surface area contributed by atoms with Crippen molar-refractivity contribution in [3.63, 3.8) is 0 Å². The van der Waals surface area contributed by atoms with Crippen LogP contribution >= 0.6 is 12.4 Å². The summed E-state index contributed by atoms with van der Waals surface area (Å²) >= 11 is 0. The van der Waals surface area contributed by atoms with Crippen molar-refractivity contribution in [3.05, 3.63) is 59.7 Å². The SMILES string of the molecule is Cl.N[C@@H](c1ccc(OC(F)(F)F)cc1)c1ccc(OC(F)(F)C(F)F)cc1. The van der Waals surface area contributed by atoms with Gasteiger partial charge in [-0.3, -0.25) is 0 Å². The average molecular weight is 420 g/mol. The molecule has 0 saturated heterocycles. The Bertz CT molecular complexity index is 721. The van der Waals surface area contributed by atoms with Crippen molar-refractivity contribution in [2.45, 2.75) is 24.9 Å². The van der Waals surface area contributed by atoms with E-state index in [1.54, 1.807) is 0 Å². The molecule has 0 spiro atoms. The zero-order valence-corrected chi connectivity index (χ0v) is 14.0. The number of rotatable bonds is 6. The third kappa shape index (κ3) is 6.47. The van der Waals surface area contributed by atoms with Gasteiger partial charge in [0.25, 0.3) is 0 Å². The van der Waals surface area contributed by atoms with E-state index in [-0.39, 0.29) is 12.4 Å². The van der Waals surface area contributed by atoms with E-state index in [1.165, 1.54) is 24.3 Å². The molecule has 2 aromatic rings. The molecule has 2 N–H and O–H groups in total. The van der Waals surface area contributed by atoms with Gasteiger partial charge in [-0.1, -0.05) is 24.3 Å². The lowest BCUT2D eigenvalue weighted by Gasteiger charge is -2.18. The quantitative estimate of drug-likeness (QED) is 0.647. The number of ether oxygens (including phenoxy) is 2. The lowest BCUT2D eigenvalue weighted by Crippen LogP contribution is -2.33. The van der Waals surface area contributed by atoms with Gasteiger partial charge in [-0.25, -0.2) is 0 Å². The highest BCUT2D eigenvalue weighted by atomic mass is 35.5. The van der Waals surface area contributed by atoms with Crippen molar-refractivity contribution < 1.29 is 40.2 Å². The molecule has 0 unspecified atom stereocenters. The van der Waals surface area contributed by atoms with E-state index in [9.17, 15) is 30.7 Å². The number of hydrogen-bond acceptors (Lipinski definition) is 3. The highest BCUT2D eigenvalue weighted by Crippen LogP contribution is 2.30.